The number of halogens is 1. The van der Waals surface area contributed by atoms with E-state index >= 15 is 0 Å². The first-order valence-electron chi connectivity index (χ1n) is 5.89. The van der Waals surface area contributed by atoms with Crippen molar-refractivity contribution in [3.05, 3.63) is 58.6 Å². The fourth-order valence-electron chi connectivity index (χ4n) is 1.65. The summed E-state index contributed by atoms with van der Waals surface area (Å²) in [7, 11) is 1.63. The van der Waals surface area contributed by atoms with E-state index in [0.29, 0.717) is 5.75 Å². The third kappa shape index (κ3) is 4.27. The summed E-state index contributed by atoms with van der Waals surface area (Å²) in [6.07, 6.45) is -0.477. The highest BCUT2D eigenvalue weighted by molar-refractivity contribution is 9.10. The van der Waals surface area contributed by atoms with Crippen molar-refractivity contribution in [3.8, 4) is 5.75 Å². The van der Waals surface area contributed by atoms with Crippen molar-refractivity contribution >= 4 is 27.7 Å². The van der Waals surface area contributed by atoms with Gasteiger partial charge in [-0.25, -0.2) is 0 Å². The molecule has 1 N–H and O–H groups in total. The van der Waals surface area contributed by atoms with Gasteiger partial charge >= 0.3 is 0 Å². The Bertz CT molecular complexity index is 528. The number of hydrogen-bond acceptors (Lipinski definition) is 3. The molecule has 0 spiro atoms. The van der Waals surface area contributed by atoms with E-state index in [2.05, 4.69) is 15.9 Å². The highest BCUT2D eigenvalue weighted by Crippen LogP contribution is 2.27. The molecule has 0 bridgehead atoms. The van der Waals surface area contributed by atoms with Gasteiger partial charge in [-0.1, -0.05) is 34.1 Å². The van der Waals surface area contributed by atoms with Crippen molar-refractivity contribution < 1.29 is 9.84 Å². The molecule has 2 nitrogen and oxygen atoms in total. The highest BCUT2D eigenvalue weighted by Gasteiger charge is 2.08. The minimum atomic E-state index is -0.477. The zero-order valence-electron chi connectivity index (χ0n) is 10.5. The maximum Gasteiger partial charge on any atom is 0.118 e. The Morgan fingerprint density at radius 3 is 2.58 bits per heavy atom. The lowest BCUT2D eigenvalue weighted by atomic mass is 10.1. The van der Waals surface area contributed by atoms with E-state index in [1.807, 2.05) is 48.5 Å². The summed E-state index contributed by atoms with van der Waals surface area (Å²) in [4.78, 5) is 1.14. The Morgan fingerprint density at radius 1 is 1.21 bits per heavy atom. The van der Waals surface area contributed by atoms with E-state index in [1.165, 1.54) is 0 Å². The number of rotatable bonds is 5. The first-order chi connectivity index (χ1) is 9.19. The molecule has 0 saturated carbocycles. The zero-order valence-corrected chi connectivity index (χ0v) is 12.9. The molecule has 0 heterocycles. The van der Waals surface area contributed by atoms with Crippen LogP contribution >= 0.6 is 27.7 Å². The summed E-state index contributed by atoms with van der Waals surface area (Å²) in [5.41, 5.74) is 0.906. The van der Waals surface area contributed by atoms with Crippen LogP contribution in [0.2, 0.25) is 0 Å². The number of hydrogen-bond donors (Lipinski definition) is 1. The predicted molar refractivity (Wildman–Crippen MR) is 82.8 cm³/mol. The smallest absolute Gasteiger partial charge is 0.118 e. The SMILES string of the molecule is COc1ccc(C(O)CSc2cccc(Br)c2)cc1. The normalized spacial score (nSPS) is 12.2. The molecule has 2 rings (SSSR count). The van der Waals surface area contributed by atoms with Gasteiger partial charge in [-0.15, -0.1) is 11.8 Å². The van der Waals surface area contributed by atoms with Gasteiger partial charge in [-0.05, 0) is 35.9 Å². The van der Waals surface area contributed by atoms with E-state index < -0.39 is 6.10 Å². The fraction of sp³-hybridized carbons (Fsp3) is 0.200. The van der Waals surface area contributed by atoms with E-state index in [4.69, 9.17) is 4.74 Å². The lowest BCUT2D eigenvalue weighted by Gasteiger charge is -2.11. The topological polar surface area (TPSA) is 29.5 Å². The highest BCUT2D eigenvalue weighted by atomic mass is 79.9. The summed E-state index contributed by atoms with van der Waals surface area (Å²) >= 11 is 5.08. The molecule has 4 heteroatoms. The van der Waals surface area contributed by atoms with Gasteiger partial charge in [-0.2, -0.15) is 0 Å². The Hall–Kier alpha value is -0.970. The first-order valence-corrected chi connectivity index (χ1v) is 7.67. The Morgan fingerprint density at radius 2 is 1.95 bits per heavy atom. The Kier molecular flexibility index (Phi) is 5.31. The van der Waals surface area contributed by atoms with Gasteiger partial charge in [-0.3, -0.25) is 0 Å². The van der Waals surface area contributed by atoms with Crippen molar-refractivity contribution in [1.29, 1.82) is 0 Å². The lowest BCUT2D eigenvalue weighted by Crippen LogP contribution is -2.00. The van der Waals surface area contributed by atoms with Gasteiger partial charge in [0.1, 0.15) is 5.75 Å². The van der Waals surface area contributed by atoms with Gasteiger partial charge < -0.3 is 9.84 Å². The van der Waals surface area contributed by atoms with Gasteiger partial charge in [0.2, 0.25) is 0 Å². The van der Waals surface area contributed by atoms with E-state index in [0.717, 1.165) is 20.7 Å². The molecule has 1 unspecified atom stereocenters. The molecule has 0 aliphatic rings. The molecule has 0 aromatic heterocycles. The molecular formula is C15H15BrO2S. The molecule has 100 valence electrons. The lowest BCUT2D eigenvalue weighted by molar-refractivity contribution is 0.204. The number of thioether (sulfide) groups is 1. The van der Waals surface area contributed by atoms with Crippen LogP contribution in [0.25, 0.3) is 0 Å². The molecule has 0 radical (unpaired) electrons. The summed E-state index contributed by atoms with van der Waals surface area (Å²) in [6, 6.07) is 15.6. The maximum atomic E-state index is 10.1. The molecular weight excluding hydrogens is 324 g/mol. The Labute approximate surface area is 125 Å². The van der Waals surface area contributed by atoms with Crippen molar-refractivity contribution in [3.63, 3.8) is 0 Å². The summed E-state index contributed by atoms with van der Waals surface area (Å²) < 4.78 is 6.15. The van der Waals surface area contributed by atoms with Gasteiger partial charge in [0.25, 0.3) is 0 Å². The second kappa shape index (κ2) is 6.98. The second-order valence-corrected chi connectivity index (χ2v) is 6.07. The Balaban J connectivity index is 1.95. The molecule has 1 atom stereocenters. The van der Waals surface area contributed by atoms with Crippen molar-refractivity contribution in [2.24, 2.45) is 0 Å². The standard InChI is InChI=1S/C15H15BrO2S/c1-18-13-7-5-11(6-8-13)15(17)10-19-14-4-2-3-12(16)9-14/h2-9,15,17H,10H2,1H3. The first kappa shape index (κ1) is 14.4. The van der Waals surface area contributed by atoms with Crippen molar-refractivity contribution in [2.45, 2.75) is 11.0 Å². The molecule has 2 aromatic rings. The fourth-order valence-corrected chi connectivity index (χ4v) is 3.13. The summed E-state index contributed by atoms with van der Waals surface area (Å²) in [5, 5.41) is 10.1. The average molecular weight is 339 g/mol. The number of aliphatic hydroxyl groups is 1. The van der Waals surface area contributed by atoms with Crippen molar-refractivity contribution in [1.82, 2.24) is 0 Å². The van der Waals surface area contributed by atoms with E-state index in [9.17, 15) is 5.11 Å². The maximum absolute atomic E-state index is 10.1. The third-order valence-corrected chi connectivity index (χ3v) is 4.27. The van der Waals surface area contributed by atoms with Crippen LogP contribution in [0.1, 0.15) is 11.7 Å². The van der Waals surface area contributed by atoms with Crippen LogP contribution in [0.5, 0.6) is 5.75 Å². The molecule has 0 aliphatic carbocycles. The molecule has 0 amide bonds. The molecule has 0 aliphatic heterocycles. The van der Waals surface area contributed by atoms with Crippen LogP contribution in [0.3, 0.4) is 0 Å². The van der Waals surface area contributed by atoms with Crippen molar-refractivity contribution in [2.75, 3.05) is 12.9 Å². The van der Waals surface area contributed by atoms with Gasteiger partial charge in [0.05, 0.1) is 13.2 Å². The number of methoxy groups -OCH3 is 1. The second-order valence-electron chi connectivity index (χ2n) is 4.06. The molecule has 19 heavy (non-hydrogen) atoms. The summed E-state index contributed by atoms with van der Waals surface area (Å²) in [5.74, 6) is 1.43. The third-order valence-electron chi connectivity index (χ3n) is 2.70. The van der Waals surface area contributed by atoms with Gasteiger partial charge in [0, 0.05) is 15.1 Å². The molecule has 0 saturated heterocycles. The van der Waals surface area contributed by atoms with Crippen LogP contribution < -0.4 is 4.74 Å². The monoisotopic (exact) mass is 338 g/mol. The molecule has 2 aromatic carbocycles. The average Bonchev–Trinajstić information content (AvgIpc) is 2.45. The van der Waals surface area contributed by atoms with Crippen LogP contribution in [0.15, 0.2) is 57.9 Å². The van der Waals surface area contributed by atoms with Crippen LogP contribution in [0.4, 0.5) is 0 Å². The number of benzene rings is 2. The largest absolute Gasteiger partial charge is 0.497 e. The zero-order chi connectivity index (χ0) is 13.7. The summed E-state index contributed by atoms with van der Waals surface area (Å²) in [6.45, 7) is 0. The molecule has 0 fully saturated rings. The quantitative estimate of drug-likeness (QED) is 0.825. The van der Waals surface area contributed by atoms with Gasteiger partial charge in [0.15, 0.2) is 0 Å². The van der Waals surface area contributed by atoms with Crippen LogP contribution in [-0.2, 0) is 0 Å². The van der Waals surface area contributed by atoms with Crippen LogP contribution in [0, 0.1) is 0 Å². The van der Waals surface area contributed by atoms with Crippen LogP contribution in [-0.4, -0.2) is 18.0 Å². The predicted octanol–water partition coefficient (Wildman–Crippen LogP) is 4.28. The van der Waals surface area contributed by atoms with E-state index in [1.54, 1.807) is 18.9 Å². The minimum Gasteiger partial charge on any atom is -0.497 e. The minimum absolute atomic E-state index is 0.477. The number of ether oxygens (including phenoxy) is 1. The number of aliphatic hydroxyl groups excluding tert-OH is 1. The van der Waals surface area contributed by atoms with E-state index in [-0.39, 0.29) is 0 Å².